The number of alkyl halides is 3. The minimum Gasteiger partial charge on any atom is -0.542 e. The van der Waals surface area contributed by atoms with E-state index in [1.165, 1.54) is 11.8 Å². The fourth-order valence-corrected chi connectivity index (χ4v) is 5.00. The molecule has 0 spiro atoms. The second kappa shape index (κ2) is 13.2. The van der Waals surface area contributed by atoms with Crippen LogP contribution in [0.5, 0.6) is 0 Å². The number of aromatic nitrogens is 3. The number of rotatable bonds is 8. The molecule has 0 atom stereocenters. The molecular weight excluding hydrogens is 653 g/mol. The maximum atomic E-state index is 14.7. The number of hydrogen-bond donors (Lipinski definition) is 1. The molecule has 180 valence electrons. The van der Waals surface area contributed by atoms with Crippen LogP contribution in [0.3, 0.4) is 0 Å². The number of carbonyl (C=O) groups excluding carboxylic acids is 1. The topological polar surface area (TPSA) is 100.0 Å². The van der Waals surface area contributed by atoms with Gasteiger partial charge in [-0.1, -0.05) is 29.8 Å². The fraction of sp³-hybridized carbons (Fsp3) is 0.200. The molecule has 0 aliphatic rings. The summed E-state index contributed by atoms with van der Waals surface area (Å²) in [6, 6.07) is 5.38. The Kier molecular flexibility index (Phi) is 11.5. The molecule has 3 rings (SSSR count). The first-order chi connectivity index (χ1) is 16.0. The maximum Gasteiger partial charge on any atom is 1.00 e. The summed E-state index contributed by atoms with van der Waals surface area (Å²) >= 11 is 8.58. The minimum absolute atomic E-state index is 0. The van der Waals surface area contributed by atoms with E-state index in [0.717, 1.165) is 23.9 Å². The van der Waals surface area contributed by atoms with Gasteiger partial charge in [-0.15, -0.1) is 11.8 Å². The summed E-state index contributed by atoms with van der Waals surface area (Å²) in [6.07, 6.45) is -0.854. The van der Waals surface area contributed by atoms with Crippen LogP contribution < -0.4 is 86.0 Å². The van der Waals surface area contributed by atoms with E-state index >= 15 is 0 Å². The molecule has 0 aliphatic heterocycles. The molecule has 2 aromatic heterocycles. The van der Waals surface area contributed by atoms with Gasteiger partial charge in [-0.2, -0.15) is 19.6 Å². The number of halogens is 5. The van der Waals surface area contributed by atoms with Crippen LogP contribution in [0.2, 0.25) is 5.02 Å². The molecule has 1 aromatic carbocycles. The molecule has 0 saturated carbocycles. The van der Waals surface area contributed by atoms with E-state index in [1.54, 1.807) is 24.6 Å². The molecule has 0 saturated heterocycles. The van der Waals surface area contributed by atoms with Crippen LogP contribution >= 0.6 is 35.1 Å². The van der Waals surface area contributed by atoms with Crippen molar-refractivity contribution in [2.24, 2.45) is 0 Å². The molecule has 15 heteroatoms. The summed E-state index contributed by atoms with van der Waals surface area (Å²) in [6.45, 7) is 0. The SMILES string of the molecule is Nn1c(C(F)(F)F)cc(=O)n(-c2cc(Sc3cccnc3SCCC[C-]=O)c(Cl)cc2F)c1=O.[Cs+]. The molecular formula is C20H14ClCsF4N4O3S2. The van der Waals surface area contributed by atoms with Crippen molar-refractivity contribution in [3.05, 3.63) is 73.9 Å². The normalized spacial score (nSPS) is 11.2. The fourth-order valence-electron chi connectivity index (χ4n) is 2.76. The first kappa shape index (κ1) is 30.5. The largest absolute Gasteiger partial charge is 1.00 e. The number of pyridine rings is 1. The van der Waals surface area contributed by atoms with Crippen molar-refractivity contribution < 1.29 is 91.2 Å². The maximum absolute atomic E-state index is 14.7. The van der Waals surface area contributed by atoms with Gasteiger partial charge in [0.2, 0.25) is 0 Å². The van der Waals surface area contributed by atoms with E-state index in [2.05, 4.69) is 4.98 Å². The number of nitrogens with zero attached hydrogens (tertiary/aromatic N) is 3. The Bertz CT molecular complexity index is 1350. The average Bonchev–Trinajstić information content (AvgIpc) is 2.77. The van der Waals surface area contributed by atoms with E-state index < -0.39 is 34.6 Å². The molecule has 0 aliphatic carbocycles. The summed E-state index contributed by atoms with van der Waals surface area (Å²) in [4.78, 5) is 40.2. The van der Waals surface area contributed by atoms with Gasteiger partial charge in [-0.05, 0) is 30.0 Å². The van der Waals surface area contributed by atoms with Gasteiger partial charge in [0.05, 0.1) is 10.7 Å². The first-order valence-electron chi connectivity index (χ1n) is 9.36. The zero-order valence-corrected chi connectivity index (χ0v) is 26.6. The zero-order chi connectivity index (χ0) is 25.0. The monoisotopic (exact) mass is 666 g/mol. The molecule has 0 radical (unpaired) electrons. The van der Waals surface area contributed by atoms with Crippen molar-refractivity contribution in [2.75, 3.05) is 11.6 Å². The number of unbranched alkanes of at least 4 members (excludes halogenated alkanes) is 1. The molecule has 2 N–H and O–H groups in total. The van der Waals surface area contributed by atoms with Crippen molar-refractivity contribution in [2.45, 2.75) is 33.8 Å². The van der Waals surface area contributed by atoms with Gasteiger partial charge in [0, 0.05) is 22.1 Å². The van der Waals surface area contributed by atoms with Crippen LogP contribution in [-0.2, 0) is 11.0 Å². The van der Waals surface area contributed by atoms with Crippen molar-refractivity contribution in [1.82, 2.24) is 14.2 Å². The molecule has 0 bridgehead atoms. The first-order valence-corrected chi connectivity index (χ1v) is 11.5. The quantitative estimate of drug-likeness (QED) is 0.126. The Hall–Kier alpha value is -0.718. The molecule has 0 fully saturated rings. The van der Waals surface area contributed by atoms with Crippen LogP contribution in [-0.4, -0.2) is 26.3 Å². The Morgan fingerprint density at radius 1 is 1.17 bits per heavy atom. The van der Waals surface area contributed by atoms with E-state index in [1.807, 2.05) is 0 Å². The summed E-state index contributed by atoms with van der Waals surface area (Å²) in [5.41, 5.74) is -5.29. The van der Waals surface area contributed by atoms with Crippen LogP contribution in [0.1, 0.15) is 18.5 Å². The minimum atomic E-state index is -5.07. The van der Waals surface area contributed by atoms with E-state index in [0.29, 0.717) is 22.1 Å². The molecule has 0 amide bonds. The smallest absolute Gasteiger partial charge is 0.542 e. The zero-order valence-electron chi connectivity index (χ0n) is 17.9. The predicted octanol–water partition coefficient (Wildman–Crippen LogP) is 1.06. The van der Waals surface area contributed by atoms with E-state index in [4.69, 9.17) is 17.4 Å². The molecule has 7 nitrogen and oxygen atoms in total. The standard InChI is InChI=1S/C20H14ClF4N4O3S2.Cs/c21-11-8-12(22)13(28-17(31)10-16(20(23,24)25)29(26)19(28)32)9-15(11)34-14-4-3-5-27-18(14)33-7-2-1-6-30;/h3-5,8-10H,1-2,7,26H2;/q-1;+1. The molecule has 35 heavy (non-hydrogen) atoms. The Balaban J connectivity index is 0.00000432. The number of nitrogen functional groups attached to an aromatic ring is 1. The van der Waals surface area contributed by atoms with E-state index in [9.17, 15) is 31.9 Å². The number of thioether (sulfide) groups is 1. The van der Waals surface area contributed by atoms with Gasteiger partial charge in [-0.3, -0.25) is 11.1 Å². The van der Waals surface area contributed by atoms with Crippen molar-refractivity contribution in [1.29, 1.82) is 0 Å². The Labute approximate surface area is 268 Å². The third kappa shape index (κ3) is 7.41. The predicted molar refractivity (Wildman–Crippen MR) is 120 cm³/mol. The Morgan fingerprint density at radius 2 is 1.89 bits per heavy atom. The third-order valence-electron chi connectivity index (χ3n) is 4.29. The molecule has 0 unspecified atom stereocenters. The van der Waals surface area contributed by atoms with Crippen molar-refractivity contribution in [3.63, 3.8) is 0 Å². The van der Waals surface area contributed by atoms with Gasteiger partial charge in [0.25, 0.3) is 5.56 Å². The van der Waals surface area contributed by atoms with Crippen molar-refractivity contribution >= 4 is 41.4 Å². The van der Waals surface area contributed by atoms with Gasteiger partial charge in [0.1, 0.15) is 10.8 Å². The van der Waals surface area contributed by atoms with E-state index in [-0.39, 0.29) is 101 Å². The van der Waals surface area contributed by atoms with Crippen LogP contribution in [0.4, 0.5) is 17.6 Å². The summed E-state index contributed by atoms with van der Waals surface area (Å²) in [7, 11) is 0. The molecule has 2 heterocycles. The van der Waals surface area contributed by atoms with Crippen LogP contribution in [0.15, 0.2) is 60.9 Å². The number of hydrogen-bond acceptors (Lipinski definition) is 7. The van der Waals surface area contributed by atoms with Crippen LogP contribution in [0.25, 0.3) is 5.69 Å². The molecule has 3 aromatic rings. The summed E-state index contributed by atoms with van der Waals surface area (Å²) < 4.78 is 53.7. The third-order valence-corrected chi connectivity index (χ3v) is 7.04. The van der Waals surface area contributed by atoms with Gasteiger partial charge in [0.15, 0.2) is 5.69 Å². The summed E-state index contributed by atoms with van der Waals surface area (Å²) in [5, 5.41) is 0.533. The number of nitrogens with two attached hydrogens (primary N) is 1. The van der Waals surface area contributed by atoms with Gasteiger partial charge >= 0.3 is 80.8 Å². The Morgan fingerprint density at radius 3 is 2.54 bits per heavy atom. The second-order valence-electron chi connectivity index (χ2n) is 6.59. The number of benzene rings is 1. The summed E-state index contributed by atoms with van der Waals surface area (Å²) in [5.74, 6) is 4.71. The van der Waals surface area contributed by atoms with Crippen molar-refractivity contribution in [3.8, 4) is 5.69 Å². The second-order valence-corrected chi connectivity index (χ2v) is 9.17. The van der Waals surface area contributed by atoms with Crippen LogP contribution in [0, 0.1) is 5.82 Å². The van der Waals surface area contributed by atoms with Gasteiger partial charge in [-0.25, -0.2) is 23.4 Å². The average molecular weight is 667 g/mol. The van der Waals surface area contributed by atoms with Gasteiger partial charge < -0.3 is 10.6 Å².